The van der Waals surface area contributed by atoms with Crippen molar-refractivity contribution in [1.29, 1.82) is 0 Å². The summed E-state index contributed by atoms with van der Waals surface area (Å²) in [4.78, 5) is 0. The fourth-order valence-electron chi connectivity index (χ4n) is 0.841. The molecule has 0 aliphatic carbocycles. The van der Waals surface area contributed by atoms with E-state index in [0.717, 1.165) is 5.92 Å². The van der Waals surface area contributed by atoms with E-state index in [-0.39, 0.29) is 0 Å². The molecule has 0 fully saturated rings. The van der Waals surface area contributed by atoms with Crippen molar-refractivity contribution in [2.45, 2.75) is 39.5 Å². The maximum absolute atomic E-state index is 2.78. The van der Waals surface area contributed by atoms with Crippen molar-refractivity contribution in [3.8, 4) is 0 Å². The predicted molar refractivity (Wildman–Crippen MR) is 47.9 cm³/mol. The maximum atomic E-state index is 2.78. The van der Waals surface area contributed by atoms with Gasteiger partial charge in [0, 0.05) is 0 Å². The fraction of sp³-hybridized carbons (Fsp3) is 1.00. The summed E-state index contributed by atoms with van der Waals surface area (Å²) < 4.78 is 0. The van der Waals surface area contributed by atoms with Crippen LogP contribution in [0, 0.1) is 5.92 Å². The molecule has 9 heavy (non-hydrogen) atoms. The molecule has 0 aliphatic rings. The van der Waals surface area contributed by atoms with Crippen molar-refractivity contribution in [2.75, 3.05) is 6.16 Å². The molecular weight excluding hydrogens is 127 g/mol. The lowest BCUT2D eigenvalue weighted by Gasteiger charge is -2.05. The molecule has 0 nitrogen and oxygen atoms in total. The van der Waals surface area contributed by atoms with Gasteiger partial charge in [-0.15, -0.1) is 9.24 Å². The first-order valence-corrected chi connectivity index (χ1v) is 4.83. The Bertz CT molecular complexity index is 52.5. The van der Waals surface area contributed by atoms with Gasteiger partial charge in [-0.25, -0.2) is 0 Å². The van der Waals surface area contributed by atoms with Gasteiger partial charge in [0.2, 0.25) is 0 Å². The first-order valence-electron chi connectivity index (χ1n) is 4.01. The van der Waals surface area contributed by atoms with E-state index in [1.165, 1.54) is 31.8 Å². The highest BCUT2D eigenvalue weighted by Gasteiger charge is 1.95. The van der Waals surface area contributed by atoms with E-state index in [2.05, 4.69) is 23.1 Å². The molecular formula is C8H19P. The van der Waals surface area contributed by atoms with Gasteiger partial charge in [0.25, 0.3) is 0 Å². The highest BCUT2D eigenvalue weighted by molar-refractivity contribution is 7.16. The second kappa shape index (κ2) is 6.55. The maximum Gasteiger partial charge on any atom is -0.0381 e. The van der Waals surface area contributed by atoms with Gasteiger partial charge in [-0.2, -0.15) is 0 Å². The summed E-state index contributed by atoms with van der Waals surface area (Å²) in [6.07, 6.45) is 6.84. The average molecular weight is 146 g/mol. The van der Waals surface area contributed by atoms with Gasteiger partial charge in [-0.3, -0.25) is 0 Å². The van der Waals surface area contributed by atoms with E-state index < -0.39 is 0 Å². The number of unbranched alkanes of at least 4 members (excludes halogenated alkanes) is 1. The number of hydrogen-bond donors (Lipinski definition) is 0. The Morgan fingerprint density at radius 1 is 1.33 bits per heavy atom. The second-order valence-corrected chi connectivity index (χ2v) is 3.38. The van der Waals surface area contributed by atoms with Crippen molar-refractivity contribution < 1.29 is 0 Å². The molecule has 2 atom stereocenters. The van der Waals surface area contributed by atoms with Gasteiger partial charge in [-0.05, 0) is 18.5 Å². The average Bonchev–Trinajstić information content (AvgIpc) is 1.89. The summed E-state index contributed by atoms with van der Waals surface area (Å²) in [5.74, 6) is 0.946. The van der Waals surface area contributed by atoms with Crippen LogP contribution in [0.3, 0.4) is 0 Å². The van der Waals surface area contributed by atoms with Crippen LogP contribution in [0.15, 0.2) is 0 Å². The summed E-state index contributed by atoms with van der Waals surface area (Å²) in [6, 6.07) is 0. The lowest BCUT2D eigenvalue weighted by molar-refractivity contribution is 0.493. The minimum atomic E-state index is 0.946. The van der Waals surface area contributed by atoms with Crippen LogP contribution in [0.4, 0.5) is 0 Å². The van der Waals surface area contributed by atoms with Crippen LogP contribution in [-0.2, 0) is 0 Å². The highest BCUT2D eigenvalue weighted by Crippen LogP contribution is 2.11. The topological polar surface area (TPSA) is 0 Å². The Hall–Kier alpha value is 0.430. The van der Waals surface area contributed by atoms with Gasteiger partial charge in [0.05, 0.1) is 0 Å². The Morgan fingerprint density at radius 2 is 2.00 bits per heavy atom. The third-order valence-corrected chi connectivity index (χ3v) is 2.26. The lowest BCUT2D eigenvalue weighted by Crippen LogP contribution is -1.91. The zero-order valence-corrected chi connectivity index (χ0v) is 7.84. The number of hydrogen-bond acceptors (Lipinski definition) is 0. The molecule has 1 heteroatoms. The largest absolute Gasteiger partial charge is 0.138 e. The van der Waals surface area contributed by atoms with Gasteiger partial charge in [0.15, 0.2) is 0 Å². The summed E-state index contributed by atoms with van der Waals surface area (Å²) in [5.41, 5.74) is 0. The zero-order chi connectivity index (χ0) is 7.11. The van der Waals surface area contributed by atoms with Gasteiger partial charge >= 0.3 is 0 Å². The molecule has 2 unspecified atom stereocenters. The first kappa shape index (κ1) is 9.43. The molecule has 0 spiro atoms. The van der Waals surface area contributed by atoms with Crippen molar-refractivity contribution in [3.05, 3.63) is 0 Å². The van der Waals surface area contributed by atoms with Crippen LogP contribution in [0.25, 0.3) is 0 Å². The van der Waals surface area contributed by atoms with E-state index >= 15 is 0 Å². The van der Waals surface area contributed by atoms with Crippen molar-refractivity contribution >= 4 is 9.24 Å². The molecule has 0 aromatic heterocycles. The van der Waals surface area contributed by atoms with Gasteiger partial charge in [-0.1, -0.05) is 33.1 Å². The van der Waals surface area contributed by atoms with E-state index in [4.69, 9.17) is 0 Å². The monoisotopic (exact) mass is 146 g/mol. The fourth-order valence-corrected chi connectivity index (χ4v) is 1.13. The van der Waals surface area contributed by atoms with Crippen molar-refractivity contribution in [2.24, 2.45) is 5.92 Å². The Morgan fingerprint density at radius 3 is 2.44 bits per heavy atom. The van der Waals surface area contributed by atoms with Crippen LogP contribution < -0.4 is 0 Å². The standard InChI is InChI=1S/C8H19P/c1-3-8(2)6-4-5-7-9/h8H,3-7,9H2,1-2H3. The summed E-state index contributed by atoms with van der Waals surface area (Å²) in [5, 5.41) is 0. The molecule has 0 bridgehead atoms. The molecule has 0 N–H and O–H groups in total. The molecule has 0 aliphatic heterocycles. The molecule has 0 rings (SSSR count). The first-order chi connectivity index (χ1) is 4.31. The number of rotatable bonds is 5. The minimum Gasteiger partial charge on any atom is -0.138 e. The van der Waals surface area contributed by atoms with Crippen LogP contribution in [0.5, 0.6) is 0 Å². The van der Waals surface area contributed by atoms with Crippen LogP contribution in [-0.4, -0.2) is 6.16 Å². The quantitative estimate of drug-likeness (QED) is 0.413. The highest BCUT2D eigenvalue weighted by atomic mass is 31.0. The lowest BCUT2D eigenvalue weighted by atomic mass is 10.0. The van der Waals surface area contributed by atoms with Gasteiger partial charge < -0.3 is 0 Å². The van der Waals surface area contributed by atoms with E-state index in [1.54, 1.807) is 0 Å². The predicted octanol–water partition coefficient (Wildman–Crippen LogP) is 3.08. The molecule has 0 saturated heterocycles. The minimum absolute atomic E-state index is 0.946. The van der Waals surface area contributed by atoms with Crippen molar-refractivity contribution in [3.63, 3.8) is 0 Å². The molecule has 0 amide bonds. The Kier molecular flexibility index (Phi) is 6.86. The normalized spacial score (nSPS) is 13.7. The molecule has 56 valence electrons. The SMILES string of the molecule is CCC(C)CCCCP. The molecule has 0 aromatic carbocycles. The third-order valence-electron chi connectivity index (χ3n) is 1.85. The van der Waals surface area contributed by atoms with Gasteiger partial charge in [0.1, 0.15) is 0 Å². The molecule has 0 saturated carbocycles. The van der Waals surface area contributed by atoms with Crippen LogP contribution in [0.2, 0.25) is 0 Å². The Balaban J connectivity index is 2.88. The van der Waals surface area contributed by atoms with E-state index in [9.17, 15) is 0 Å². The van der Waals surface area contributed by atoms with Crippen LogP contribution >= 0.6 is 9.24 Å². The molecule has 0 aromatic rings. The van der Waals surface area contributed by atoms with E-state index in [1.807, 2.05) is 0 Å². The third kappa shape index (κ3) is 6.31. The van der Waals surface area contributed by atoms with E-state index in [0.29, 0.717) is 0 Å². The molecule has 0 radical (unpaired) electrons. The summed E-state index contributed by atoms with van der Waals surface area (Å²) >= 11 is 0. The van der Waals surface area contributed by atoms with Crippen molar-refractivity contribution in [1.82, 2.24) is 0 Å². The summed E-state index contributed by atoms with van der Waals surface area (Å²) in [7, 11) is 2.78. The zero-order valence-electron chi connectivity index (χ0n) is 6.69. The van der Waals surface area contributed by atoms with Crippen LogP contribution in [0.1, 0.15) is 39.5 Å². The molecule has 0 heterocycles. The second-order valence-electron chi connectivity index (χ2n) is 2.80. The Labute approximate surface area is 61.6 Å². The summed E-state index contributed by atoms with van der Waals surface area (Å²) in [6.45, 7) is 4.61. The smallest absolute Gasteiger partial charge is 0.0381 e.